The van der Waals surface area contributed by atoms with Crippen molar-refractivity contribution in [3.63, 3.8) is 0 Å². The molecule has 4 aromatic rings. The Bertz CT molecular complexity index is 1170. The molecule has 0 atom stereocenters. The van der Waals surface area contributed by atoms with E-state index in [1.807, 2.05) is 72.8 Å². The first kappa shape index (κ1) is 21.9. The monoisotopic (exact) mass is 447 g/mol. The van der Waals surface area contributed by atoms with Gasteiger partial charge in [-0.3, -0.25) is 4.79 Å². The number of hydrogen-bond donors (Lipinski definition) is 1. The van der Waals surface area contributed by atoms with Crippen LogP contribution >= 0.6 is 11.6 Å². The molecule has 0 aliphatic carbocycles. The van der Waals surface area contributed by atoms with Gasteiger partial charge in [-0.2, -0.15) is 0 Å². The molecular weight excluding hydrogens is 422 g/mol. The van der Waals surface area contributed by atoms with Crippen molar-refractivity contribution in [3.05, 3.63) is 95.3 Å². The van der Waals surface area contributed by atoms with Crippen molar-refractivity contribution in [2.75, 3.05) is 13.2 Å². The molecule has 32 heavy (non-hydrogen) atoms. The molecule has 1 heterocycles. The lowest BCUT2D eigenvalue weighted by atomic mass is 10.1. The van der Waals surface area contributed by atoms with E-state index < -0.39 is 0 Å². The average molecular weight is 448 g/mol. The minimum absolute atomic E-state index is 0.0542. The Morgan fingerprint density at radius 3 is 2.53 bits per heavy atom. The molecule has 0 saturated heterocycles. The van der Waals surface area contributed by atoms with Gasteiger partial charge in [0.25, 0.3) is 0 Å². The van der Waals surface area contributed by atoms with Gasteiger partial charge in [0.15, 0.2) is 0 Å². The van der Waals surface area contributed by atoms with Crippen molar-refractivity contribution in [2.24, 2.45) is 0 Å². The predicted octanol–water partition coefficient (Wildman–Crippen LogP) is 5.06. The zero-order valence-electron chi connectivity index (χ0n) is 17.8. The molecule has 0 saturated carbocycles. The minimum Gasteiger partial charge on any atom is -0.490 e. The van der Waals surface area contributed by atoms with Gasteiger partial charge in [0.1, 0.15) is 18.2 Å². The highest BCUT2D eigenvalue weighted by atomic mass is 35.5. The summed E-state index contributed by atoms with van der Waals surface area (Å²) in [6.07, 6.45) is 1.87. The van der Waals surface area contributed by atoms with Gasteiger partial charge >= 0.3 is 0 Å². The zero-order valence-corrected chi connectivity index (χ0v) is 18.6. The highest BCUT2D eigenvalue weighted by molar-refractivity contribution is 6.32. The summed E-state index contributed by atoms with van der Waals surface area (Å²) in [4.78, 5) is 17.0. The first-order chi connectivity index (χ1) is 15.7. The van der Waals surface area contributed by atoms with E-state index in [2.05, 4.69) is 16.0 Å². The Hall–Kier alpha value is -3.31. The van der Waals surface area contributed by atoms with Crippen molar-refractivity contribution in [1.29, 1.82) is 0 Å². The third kappa shape index (κ3) is 5.68. The summed E-state index contributed by atoms with van der Waals surface area (Å²) in [6.45, 7) is 1.66. The first-order valence-electron chi connectivity index (χ1n) is 10.8. The van der Waals surface area contributed by atoms with Crippen LogP contribution in [0.3, 0.4) is 0 Å². The minimum atomic E-state index is 0.0542. The number of imidazole rings is 1. The summed E-state index contributed by atoms with van der Waals surface area (Å²) in [5, 5.41) is 3.62. The number of para-hydroxylation sites is 3. The Kier molecular flexibility index (Phi) is 7.41. The molecule has 0 spiro atoms. The molecule has 0 unspecified atom stereocenters. The molecule has 0 bridgehead atoms. The van der Waals surface area contributed by atoms with Gasteiger partial charge in [-0.05, 0) is 36.2 Å². The van der Waals surface area contributed by atoms with Crippen LogP contribution in [-0.4, -0.2) is 28.6 Å². The van der Waals surface area contributed by atoms with Gasteiger partial charge in [0.2, 0.25) is 5.91 Å². The van der Waals surface area contributed by atoms with Crippen molar-refractivity contribution >= 4 is 28.5 Å². The quantitative estimate of drug-likeness (QED) is 0.369. The van der Waals surface area contributed by atoms with Crippen LogP contribution in [0.15, 0.2) is 78.9 Å². The molecule has 0 aliphatic heterocycles. The fraction of sp³-hybridized carbons (Fsp3) is 0.231. The highest BCUT2D eigenvalue weighted by Gasteiger charge is 2.11. The second kappa shape index (κ2) is 10.8. The number of nitrogens with one attached hydrogen (secondary N) is 1. The normalized spacial score (nSPS) is 10.9. The fourth-order valence-electron chi connectivity index (χ4n) is 3.68. The molecule has 1 N–H and O–H groups in total. The van der Waals surface area contributed by atoms with E-state index in [1.54, 1.807) is 0 Å². The molecule has 1 amide bonds. The zero-order chi connectivity index (χ0) is 22.2. The summed E-state index contributed by atoms with van der Waals surface area (Å²) in [7, 11) is 0. The van der Waals surface area contributed by atoms with Crippen molar-refractivity contribution in [1.82, 2.24) is 14.9 Å². The van der Waals surface area contributed by atoms with E-state index >= 15 is 0 Å². The number of carbonyl (C=O) groups excluding carboxylic acids is 1. The Labute approximate surface area is 193 Å². The number of nitrogens with zero attached hydrogens (tertiary/aromatic N) is 2. The first-order valence-corrected chi connectivity index (χ1v) is 11.2. The number of rotatable bonds is 10. The topological polar surface area (TPSA) is 56.2 Å². The third-order valence-electron chi connectivity index (χ3n) is 5.30. The molecule has 1 aromatic heterocycles. The predicted molar refractivity (Wildman–Crippen MR) is 128 cm³/mol. The van der Waals surface area contributed by atoms with Gasteiger partial charge < -0.3 is 14.6 Å². The number of aryl methyl sites for hydroxylation is 1. The molecule has 0 fully saturated rings. The number of benzene rings is 3. The van der Waals surface area contributed by atoms with Crippen molar-refractivity contribution < 1.29 is 9.53 Å². The summed E-state index contributed by atoms with van der Waals surface area (Å²) >= 11 is 6.19. The summed E-state index contributed by atoms with van der Waals surface area (Å²) < 4.78 is 8.04. The summed E-state index contributed by atoms with van der Waals surface area (Å²) in [5.74, 6) is 1.65. The van der Waals surface area contributed by atoms with Crippen LogP contribution in [0, 0.1) is 0 Å². The van der Waals surface area contributed by atoms with Gasteiger partial charge in [0, 0.05) is 19.4 Å². The van der Waals surface area contributed by atoms with E-state index in [9.17, 15) is 4.79 Å². The van der Waals surface area contributed by atoms with Crippen LogP contribution in [0.2, 0.25) is 5.02 Å². The maximum absolute atomic E-state index is 12.3. The fourth-order valence-corrected chi connectivity index (χ4v) is 3.87. The lowest BCUT2D eigenvalue weighted by Crippen LogP contribution is -2.27. The maximum Gasteiger partial charge on any atom is 0.220 e. The molecule has 0 radical (unpaired) electrons. The van der Waals surface area contributed by atoms with Crippen LogP contribution in [0.5, 0.6) is 5.75 Å². The van der Waals surface area contributed by atoms with Crippen LogP contribution in [-0.2, 0) is 24.2 Å². The Morgan fingerprint density at radius 1 is 0.938 bits per heavy atom. The summed E-state index contributed by atoms with van der Waals surface area (Å²) in [6, 6.07) is 25.6. The molecule has 6 heteroatoms. The van der Waals surface area contributed by atoms with E-state index in [0.29, 0.717) is 43.3 Å². The van der Waals surface area contributed by atoms with Gasteiger partial charge in [-0.25, -0.2) is 4.98 Å². The largest absolute Gasteiger partial charge is 0.490 e. The molecule has 164 valence electrons. The van der Waals surface area contributed by atoms with Crippen molar-refractivity contribution in [2.45, 2.75) is 25.8 Å². The lowest BCUT2D eigenvalue weighted by Gasteiger charge is -2.12. The second-order valence-corrected chi connectivity index (χ2v) is 7.94. The number of ether oxygens (including phenoxy) is 1. The van der Waals surface area contributed by atoms with Gasteiger partial charge in [-0.1, -0.05) is 66.2 Å². The molecule has 4 rings (SSSR count). The molecular formula is C26H26ClN3O2. The van der Waals surface area contributed by atoms with E-state index in [1.165, 1.54) is 5.56 Å². The maximum atomic E-state index is 12.3. The SMILES string of the molecule is O=C(CCc1ccccc1)NCCc1nc2ccccc2n1CCOc1ccccc1Cl. The molecule has 0 aliphatic rings. The van der Waals surface area contributed by atoms with Gasteiger partial charge in [-0.15, -0.1) is 0 Å². The average Bonchev–Trinajstić information content (AvgIpc) is 3.17. The Balaban J connectivity index is 1.34. The highest BCUT2D eigenvalue weighted by Crippen LogP contribution is 2.23. The number of aromatic nitrogens is 2. The smallest absolute Gasteiger partial charge is 0.220 e. The van der Waals surface area contributed by atoms with E-state index in [4.69, 9.17) is 21.3 Å². The number of amides is 1. The number of fused-ring (bicyclic) bond motifs is 1. The second-order valence-electron chi connectivity index (χ2n) is 7.53. The lowest BCUT2D eigenvalue weighted by molar-refractivity contribution is -0.121. The van der Waals surface area contributed by atoms with Crippen LogP contribution in [0.25, 0.3) is 11.0 Å². The number of halogens is 1. The Morgan fingerprint density at radius 2 is 1.69 bits per heavy atom. The third-order valence-corrected chi connectivity index (χ3v) is 5.61. The molecule has 3 aromatic carbocycles. The van der Waals surface area contributed by atoms with Crippen molar-refractivity contribution in [3.8, 4) is 5.75 Å². The van der Waals surface area contributed by atoms with Crippen LogP contribution in [0.1, 0.15) is 17.8 Å². The molecule has 5 nitrogen and oxygen atoms in total. The summed E-state index contributed by atoms with van der Waals surface area (Å²) in [5.41, 5.74) is 3.17. The van der Waals surface area contributed by atoms with E-state index in [-0.39, 0.29) is 5.91 Å². The van der Waals surface area contributed by atoms with Crippen LogP contribution in [0.4, 0.5) is 0 Å². The standard InChI is InChI=1S/C26H26ClN3O2/c27-21-10-4-7-13-24(21)32-19-18-30-23-12-6-5-11-22(23)29-25(30)16-17-28-26(31)15-14-20-8-2-1-3-9-20/h1-13H,14-19H2,(H,28,31). The number of hydrogen-bond acceptors (Lipinski definition) is 3. The van der Waals surface area contributed by atoms with Gasteiger partial charge in [0.05, 0.1) is 22.6 Å². The van der Waals surface area contributed by atoms with Crippen LogP contribution < -0.4 is 10.1 Å². The van der Waals surface area contributed by atoms with E-state index in [0.717, 1.165) is 23.3 Å². The number of carbonyl (C=O) groups is 1.